The summed E-state index contributed by atoms with van der Waals surface area (Å²) in [6, 6.07) is 7.26. The third-order valence-electron chi connectivity index (χ3n) is 3.78. The number of sulfonamides is 1. The zero-order valence-corrected chi connectivity index (χ0v) is 14.5. The Morgan fingerprint density at radius 1 is 1.31 bits per heavy atom. The molecule has 0 bridgehead atoms. The number of aromatic nitrogens is 1. The molecular weight excluding hydrogens is 362 g/mol. The van der Waals surface area contributed by atoms with Crippen molar-refractivity contribution >= 4 is 27.6 Å². The lowest BCUT2D eigenvalue weighted by molar-refractivity contribution is -0.384. The fraction of sp³-hybridized carbons (Fsp3) is 0.267. The molecule has 10 nitrogen and oxygen atoms in total. The Balaban J connectivity index is 1.85. The van der Waals surface area contributed by atoms with E-state index in [-0.39, 0.29) is 29.4 Å². The molecule has 1 aromatic carbocycles. The van der Waals surface area contributed by atoms with Crippen molar-refractivity contribution < 1.29 is 18.1 Å². The van der Waals surface area contributed by atoms with Crippen molar-refractivity contribution in [2.45, 2.75) is 4.90 Å². The maximum absolute atomic E-state index is 12.6. The van der Waals surface area contributed by atoms with Crippen molar-refractivity contribution in [2.75, 3.05) is 31.7 Å². The number of nitrogens with zero attached hydrogens (tertiary/aromatic N) is 3. The van der Waals surface area contributed by atoms with E-state index in [0.29, 0.717) is 18.9 Å². The summed E-state index contributed by atoms with van der Waals surface area (Å²) in [7, 11) is -3.81. The standard InChI is InChI=1S/C15H17N5O5S/c21-20(22)15-10-13(26(23,24)19-6-8-25-9-7-19)3-4-14(15)18-17-11-12-2-1-5-16-12/h1-5,10-11,16,18H,6-9H2. The van der Waals surface area contributed by atoms with Crippen LogP contribution in [0.4, 0.5) is 11.4 Å². The molecule has 1 aliphatic heterocycles. The first-order chi connectivity index (χ1) is 12.5. The van der Waals surface area contributed by atoms with E-state index in [0.717, 1.165) is 6.07 Å². The van der Waals surface area contributed by atoms with Gasteiger partial charge in [0.25, 0.3) is 5.69 Å². The molecule has 0 radical (unpaired) electrons. The number of hydrogen-bond donors (Lipinski definition) is 2. The molecule has 11 heteroatoms. The smallest absolute Gasteiger partial charge is 0.295 e. The maximum atomic E-state index is 12.6. The zero-order chi connectivity index (χ0) is 18.6. The van der Waals surface area contributed by atoms with Crippen molar-refractivity contribution in [1.29, 1.82) is 0 Å². The number of hydrazone groups is 1. The summed E-state index contributed by atoms with van der Waals surface area (Å²) >= 11 is 0. The second-order valence-corrected chi connectivity index (χ2v) is 7.39. The summed E-state index contributed by atoms with van der Waals surface area (Å²) in [6.07, 6.45) is 3.18. The van der Waals surface area contributed by atoms with E-state index < -0.39 is 14.9 Å². The second kappa shape index (κ2) is 7.64. The van der Waals surface area contributed by atoms with Gasteiger partial charge in [0.15, 0.2) is 0 Å². The summed E-state index contributed by atoms with van der Waals surface area (Å²) in [4.78, 5) is 13.5. The van der Waals surface area contributed by atoms with Crippen LogP contribution in [0.1, 0.15) is 5.69 Å². The number of morpholine rings is 1. The second-order valence-electron chi connectivity index (χ2n) is 5.45. The van der Waals surface area contributed by atoms with Gasteiger partial charge in [-0.05, 0) is 24.3 Å². The molecule has 1 aromatic heterocycles. The summed E-state index contributed by atoms with van der Waals surface area (Å²) in [6.45, 7) is 1.04. The third kappa shape index (κ3) is 3.90. The highest BCUT2D eigenvalue weighted by Crippen LogP contribution is 2.29. The van der Waals surface area contributed by atoms with Gasteiger partial charge in [-0.15, -0.1) is 0 Å². The van der Waals surface area contributed by atoms with Crippen LogP contribution in [0, 0.1) is 10.1 Å². The Hall–Kier alpha value is -2.76. The van der Waals surface area contributed by atoms with E-state index >= 15 is 0 Å². The van der Waals surface area contributed by atoms with Crippen molar-refractivity contribution in [3.63, 3.8) is 0 Å². The van der Waals surface area contributed by atoms with Crippen molar-refractivity contribution in [3.8, 4) is 0 Å². The highest BCUT2D eigenvalue weighted by Gasteiger charge is 2.28. The molecule has 3 rings (SSSR count). The molecular formula is C15H17N5O5S. The van der Waals surface area contributed by atoms with Crippen LogP contribution < -0.4 is 5.43 Å². The highest BCUT2D eigenvalue weighted by molar-refractivity contribution is 7.89. The number of aromatic amines is 1. The molecule has 2 heterocycles. The molecule has 1 saturated heterocycles. The molecule has 2 N–H and O–H groups in total. The Kier molecular flexibility index (Phi) is 5.30. The van der Waals surface area contributed by atoms with Gasteiger partial charge in [-0.2, -0.15) is 9.41 Å². The number of rotatable bonds is 6. The van der Waals surface area contributed by atoms with Crippen LogP contribution in [0.3, 0.4) is 0 Å². The van der Waals surface area contributed by atoms with Crippen molar-refractivity contribution in [2.24, 2.45) is 5.10 Å². The number of H-pyrrole nitrogens is 1. The maximum Gasteiger partial charge on any atom is 0.295 e. The number of anilines is 1. The van der Waals surface area contributed by atoms with Gasteiger partial charge in [0.2, 0.25) is 10.0 Å². The quantitative estimate of drug-likeness (QED) is 0.443. The topological polar surface area (TPSA) is 130 Å². The number of nitro benzene ring substituents is 1. The molecule has 0 aliphatic carbocycles. The van der Waals surface area contributed by atoms with E-state index in [2.05, 4.69) is 15.5 Å². The molecule has 0 spiro atoms. The van der Waals surface area contributed by atoms with Gasteiger partial charge in [-0.1, -0.05) is 0 Å². The Morgan fingerprint density at radius 3 is 2.73 bits per heavy atom. The van der Waals surface area contributed by atoms with E-state index in [4.69, 9.17) is 4.74 Å². The SMILES string of the molecule is O=[N+]([O-])c1cc(S(=O)(=O)N2CCOCC2)ccc1NN=Cc1ccc[nH]1. The molecule has 0 unspecified atom stereocenters. The van der Waals surface area contributed by atoms with Gasteiger partial charge < -0.3 is 9.72 Å². The summed E-state index contributed by atoms with van der Waals surface area (Å²) in [5.74, 6) is 0. The van der Waals surface area contributed by atoms with Gasteiger partial charge >= 0.3 is 0 Å². The van der Waals surface area contributed by atoms with Crippen molar-refractivity contribution in [3.05, 3.63) is 52.3 Å². The predicted octanol–water partition coefficient (Wildman–Crippen LogP) is 1.39. The molecule has 0 amide bonds. The van der Waals surface area contributed by atoms with E-state index in [1.54, 1.807) is 18.3 Å². The zero-order valence-electron chi connectivity index (χ0n) is 13.7. The lowest BCUT2D eigenvalue weighted by Gasteiger charge is -2.26. The van der Waals surface area contributed by atoms with Crippen LogP contribution in [0.5, 0.6) is 0 Å². The lowest BCUT2D eigenvalue weighted by Crippen LogP contribution is -2.40. The Bertz CT molecular complexity index is 905. The average Bonchev–Trinajstić information content (AvgIpc) is 3.16. The third-order valence-corrected chi connectivity index (χ3v) is 5.68. The molecule has 138 valence electrons. The Morgan fingerprint density at radius 2 is 2.08 bits per heavy atom. The summed E-state index contributed by atoms with van der Waals surface area (Å²) < 4.78 is 31.7. The van der Waals surface area contributed by atoms with Crippen molar-refractivity contribution in [1.82, 2.24) is 9.29 Å². The molecule has 1 aliphatic rings. The first kappa shape index (κ1) is 18.0. The normalized spacial score (nSPS) is 16.0. The summed E-state index contributed by atoms with van der Waals surface area (Å²) in [5.41, 5.74) is 3.01. The van der Waals surface area contributed by atoms with E-state index in [1.165, 1.54) is 22.7 Å². The van der Waals surface area contributed by atoms with Gasteiger partial charge in [0, 0.05) is 25.4 Å². The Labute approximate surface area is 149 Å². The van der Waals surface area contributed by atoms with Crippen LogP contribution in [-0.4, -0.2) is 55.1 Å². The summed E-state index contributed by atoms with van der Waals surface area (Å²) in [5, 5.41) is 15.3. The van der Waals surface area contributed by atoms with Gasteiger partial charge in [0.1, 0.15) is 5.69 Å². The largest absolute Gasteiger partial charge is 0.379 e. The number of benzene rings is 1. The molecule has 0 saturated carbocycles. The number of ether oxygens (including phenoxy) is 1. The van der Waals surface area contributed by atoms with Gasteiger partial charge in [-0.25, -0.2) is 8.42 Å². The lowest BCUT2D eigenvalue weighted by atomic mass is 10.3. The number of nitro groups is 1. The van der Waals surface area contributed by atoms with Gasteiger partial charge in [0.05, 0.1) is 34.9 Å². The number of hydrogen-bond acceptors (Lipinski definition) is 7. The first-order valence-corrected chi connectivity index (χ1v) is 9.21. The van der Waals surface area contributed by atoms with Crippen LogP contribution in [0.15, 0.2) is 46.5 Å². The minimum Gasteiger partial charge on any atom is -0.379 e. The average molecular weight is 379 g/mol. The van der Waals surface area contributed by atoms with Crippen LogP contribution >= 0.6 is 0 Å². The molecule has 0 atom stereocenters. The van der Waals surface area contributed by atoms with Gasteiger partial charge in [-0.3, -0.25) is 15.5 Å². The number of nitrogens with one attached hydrogen (secondary N) is 2. The monoisotopic (exact) mass is 379 g/mol. The molecule has 2 aromatic rings. The molecule has 1 fully saturated rings. The van der Waals surface area contributed by atoms with Crippen LogP contribution in [0.2, 0.25) is 0 Å². The van der Waals surface area contributed by atoms with Crippen LogP contribution in [-0.2, 0) is 14.8 Å². The minimum absolute atomic E-state index is 0.0960. The van der Waals surface area contributed by atoms with Crippen LogP contribution in [0.25, 0.3) is 0 Å². The predicted molar refractivity (Wildman–Crippen MR) is 94.7 cm³/mol. The first-order valence-electron chi connectivity index (χ1n) is 7.77. The molecule has 26 heavy (non-hydrogen) atoms. The van der Waals surface area contributed by atoms with E-state index in [9.17, 15) is 18.5 Å². The fourth-order valence-corrected chi connectivity index (χ4v) is 3.88. The van der Waals surface area contributed by atoms with E-state index in [1.807, 2.05) is 0 Å². The highest BCUT2D eigenvalue weighted by atomic mass is 32.2. The fourth-order valence-electron chi connectivity index (χ4n) is 2.45. The minimum atomic E-state index is -3.81.